The summed E-state index contributed by atoms with van der Waals surface area (Å²) in [5, 5.41) is 16.7. The molecule has 0 spiro atoms. The van der Waals surface area contributed by atoms with Crippen LogP contribution in [0, 0.1) is 0 Å². The largest absolute Gasteiger partial charge is 0.409 e. The molecule has 0 saturated heterocycles. The summed E-state index contributed by atoms with van der Waals surface area (Å²) in [6, 6.07) is 5.99. The quantitative estimate of drug-likeness (QED) is 0.426. The van der Waals surface area contributed by atoms with Gasteiger partial charge in [-0.2, -0.15) is 13.6 Å². The number of aromatic nitrogens is 10. The molecule has 6 heterocycles. The van der Waals surface area contributed by atoms with Gasteiger partial charge in [0.1, 0.15) is 24.4 Å². The van der Waals surface area contributed by atoms with Crippen LogP contribution in [-0.4, -0.2) is 43.8 Å². The number of nitrogens with zero attached hydrogens (tertiary/aromatic N) is 10. The van der Waals surface area contributed by atoms with E-state index in [9.17, 15) is 0 Å². The lowest BCUT2D eigenvalue weighted by Crippen LogP contribution is -2.31. The van der Waals surface area contributed by atoms with Crippen molar-refractivity contribution in [2.24, 2.45) is 0 Å². The Hall–Kier alpha value is -4.21. The molecule has 0 aliphatic heterocycles. The molecule has 0 amide bonds. The Bertz CT molecular complexity index is 1410. The smallest absolute Gasteiger partial charge is 0.288 e. The van der Waals surface area contributed by atoms with Gasteiger partial charge in [-0.15, -0.1) is 20.3 Å². The van der Waals surface area contributed by atoms with Crippen LogP contribution in [0.4, 0.5) is 0 Å². The van der Waals surface area contributed by atoms with Crippen molar-refractivity contribution in [1.29, 1.82) is 0 Å². The fourth-order valence-electron chi connectivity index (χ4n) is 3.09. The molecule has 0 fully saturated rings. The summed E-state index contributed by atoms with van der Waals surface area (Å²) < 4.78 is 7.23. The topological polar surface area (TPSA) is 94.4 Å². The van der Waals surface area contributed by atoms with Crippen molar-refractivity contribution in [2.45, 2.75) is 0 Å². The van der Waals surface area contributed by atoms with Crippen LogP contribution in [0.2, 0.25) is 0 Å². The van der Waals surface area contributed by atoms with Crippen molar-refractivity contribution in [1.82, 2.24) is 43.8 Å². The van der Waals surface area contributed by atoms with Gasteiger partial charge >= 0.3 is 5.95 Å². The Kier molecular flexibility index (Phi) is 2.67. The Labute approximate surface area is 151 Å². The van der Waals surface area contributed by atoms with E-state index in [0.29, 0.717) is 5.95 Å². The maximum Gasteiger partial charge on any atom is 0.409 e. The van der Waals surface area contributed by atoms with Crippen molar-refractivity contribution >= 4 is 16.7 Å². The van der Waals surface area contributed by atoms with Crippen molar-refractivity contribution in [3.63, 3.8) is 0 Å². The van der Waals surface area contributed by atoms with Crippen LogP contribution < -0.4 is 4.57 Å². The maximum absolute atomic E-state index is 4.61. The van der Waals surface area contributed by atoms with Crippen LogP contribution in [0.15, 0.2) is 68.2 Å². The Morgan fingerprint density at radius 1 is 0.963 bits per heavy atom. The molecule has 6 rings (SSSR count). The average Bonchev–Trinajstić information content (AvgIpc) is 3.42. The number of pyridine rings is 1. The number of fused-ring (bicyclic) bond motifs is 3. The molecule has 0 radical (unpaired) electrons. The van der Waals surface area contributed by atoms with E-state index in [1.807, 2.05) is 56.6 Å². The van der Waals surface area contributed by atoms with Crippen molar-refractivity contribution < 1.29 is 4.57 Å². The van der Waals surface area contributed by atoms with Crippen molar-refractivity contribution in [3.8, 4) is 17.1 Å². The third-order valence-corrected chi connectivity index (χ3v) is 4.41. The highest BCUT2D eigenvalue weighted by molar-refractivity contribution is 5.70. The molecule has 0 atom stereocenters. The van der Waals surface area contributed by atoms with Gasteiger partial charge in [-0.3, -0.25) is 4.40 Å². The van der Waals surface area contributed by atoms with E-state index >= 15 is 0 Å². The summed E-state index contributed by atoms with van der Waals surface area (Å²) in [6.45, 7) is 0. The van der Waals surface area contributed by atoms with Gasteiger partial charge in [0.25, 0.3) is 0 Å². The first kappa shape index (κ1) is 14.0. The second kappa shape index (κ2) is 5.14. The molecule has 10 nitrogen and oxygen atoms in total. The van der Waals surface area contributed by atoms with Gasteiger partial charge in [-0.1, -0.05) is 0 Å². The van der Waals surface area contributed by atoms with Gasteiger partial charge in [0, 0.05) is 23.5 Å². The number of hydrogen-bond acceptors (Lipinski definition) is 6. The molecule has 0 N–H and O–H groups in total. The molecule has 0 saturated carbocycles. The van der Waals surface area contributed by atoms with E-state index < -0.39 is 0 Å². The van der Waals surface area contributed by atoms with E-state index in [2.05, 4.69) is 30.4 Å². The zero-order chi connectivity index (χ0) is 17.8. The van der Waals surface area contributed by atoms with Crippen LogP contribution >= 0.6 is 0 Å². The summed E-state index contributed by atoms with van der Waals surface area (Å²) >= 11 is 0. The summed E-state index contributed by atoms with van der Waals surface area (Å²) in [4.78, 5) is 8.49. The predicted octanol–water partition coefficient (Wildman–Crippen LogP) is 0.758. The molecular weight excluding hydrogens is 344 g/mol. The van der Waals surface area contributed by atoms with Gasteiger partial charge in [-0.05, 0) is 23.3 Å². The van der Waals surface area contributed by atoms with Crippen LogP contribution in [0.25, 0.3) is 33.8 Å². The first-order valence-corrected chi connectivity index (χ1v) is 8.19. The summed E-state index contributed by atoms with van der Waals surface area (Å²) in [6.07, 6.45) is 14.4. The Morgan fingerprint density at radius 2 is 1.96 bits per heavy atom. The highest BCUT2D eigenvalue weighted by Crippen LogP contribution is 2.22. The third-order valence-electron chi connectivity index (χ3n) is 4.41. The second-order valence-electron chi connectivity index (χ2n) is 6.10. The van der Waals surface area contributed by atoms with E-state index in [0.717, 1.165) is 27.8 Å². The van der Waals surface area contributed by atoms with Gasteiger partial charge in [0.15, 0.2) is 17.5 Å². The summed E-state index contributed by atoms with van der Waals surface area (Å²) in [7, 11) is 0. The van der Waals surface area contributed by atoms with E-state index in [4.69, 9.17) is 0 Å². The molecule has 27 heavy (non-hydrogen) atoms. The maximum atomic E-state index is 4.61. The predicted molar refractivity (Wildman–Crippen MR) is 93.0 cm³/mol. The van der Waals surface area contributed by atoms with E-state index in [-0.39, 0.29) is 0 Å². The van der Waals surface area contributed by atoms with Gasteiger partial charge in [0.2, 0.25) is 0 Å². The molecule has 0 bridgehead atoms. The monoisotopic (exact) mass is 355 g/mol. The molecule has 6 aromatic rings. The highest BCUT2D eigenvalue weighted by atomic mass is 15.4. The minimum absolute atomic E-state index is 0.546. The zero-order valence-electron chi connectivity index (χ0n) is 13.8. The standard InChI is InChI=1S/C17H11N10/c1-2-16-22-20-10-24(16)6-12(1)13-3-14-5-19-17(23-26(14)7-13)25-8-15-4-18-9-21-27(15)11-25/h1-11H/q+1. The fourth-order valence-corrected chi connectivity index (χ4v) is 3.09. The molecule has 0 unspecified atom stereocenters. The number of rotatable bonds is 2. The molecule has 0 aromatic carbocycles. The highest BCUT2D eigenvalue weighted by Gasteiger charge is 2.14. The van der Waals surface area contributed by atoms with Crippen molar-refractivity contribution in [2.75, 3.05) is 0 Å². The molecule has 128 valence electrons. The molecule has 6 aromatic heterocycles. The van der Waals surface area contributed by atoms with Crippen LogP contribution in [-0.2, 0) is 0 Å². The second-order valence-corrected chi connectivity index (χ2v) is 6.10. The van der Waals surface area contributed by atoms with Gasteiger partial charge < -0.3 is 0 Å². The van der Waals surface area contributed by atoms with E-state index in [1.165, 1.54) is 6.33 Å². The molecular formula is C17H11N10+. The lowest BCUT2D eigenvalue weighted by molar-refractivity contribution is -0.602. The molecule has 0 aliphatic carbocycles. The summed E-state index contributed by atoms with van der Waals surface area (Å²) in [5.41, 5.74) is 4.66. The average molecular weight is 355 g/mol. The van der Waals surface area contributed by atoms with Crippen molar-refractivity contribution in [3.05, 3.63) is 68.2 Å². The van der Waals surface area contributed by atoms with Crippen LogP contribution in [0.1, 0.15) is 0 Å². The SMILES string of the molecule is c1ncc2c[n+](-c3ncc4cc(-c5ccc6nncn6c5)cn4n3)cn2n1. The Balaban J connectivity index is 1.46. The van der Waals surface area contributed by atoms with Crippen LogP contribution in [0.3, 0.4) is 0 Å². The normalized spacial score (nSPS) is 11.7. The summed E-state index contributed by atoms with van der Waals surface area (Å²) in [5.74, 6) is 0.546. The Morgan fingerprint density at radius 3 is 2.93 bits per heavy atom. The lowest BCUT2D eigenvalue weighted by atomic mass is 10.1. The first-order chi connectivity index (χ1) is 13.3. The molecule has 0 aliphatic rings. The van der Waals surface area contributed by atoms with Gasteiger partial charge in [-0.25, -0.2) is 4.98 Å². The number of hydrogen-bond donors (Lipinski definition) is 0. The molecule has 10 heteroatoms. The van der Waals surface area contributed by atoms with Crippen LogP contribution in [0.5, 0.6) is 0 Å². The zero-order valence-corrected chi connectivity index (χ0v) is 13.8. The minimum atomic E-state index is 0.546. The third kappa shape index (κ3) is 2.16. The lowest BCUT2D eigenvalue weighted by Gasteiger charge is -1.97. The van der Waals surface area contributed by atoms with Gasteiger partial charge in [0.05, 0.1) is 12.4 Å². The fraction of sp³-hybridized carbons (Fsp3) is 0. The van der Waals surface area contributed by atoms with E-state index in [1.54, 1.807) is 23.2 Å². The number of imidazole rings is 1. The first-order valence-electron chi connectivity index (χ1n) is 8.19. The minimum Gasteiger partial charge on any atom is -0.288 e.